The third-order valence-electron chi connectivity index (χ3n) is 2.58. The van der Waals surface area contributed by atoms with Crippen molar-refractivity contribution in [3.8, 4) is 0 Å². The fraction of sp³-hybridized carbons (Fsp3) is 0.308. The predicted octanol–water partition coefficient (Wildman–Crippen LogP) is 1.83. The summed E-state index contributed by atoms with van der Waals surface area (Å²) < 4.78 is 0. The summed E-state index contributed by atoms with van der Waals surface area (Å²) in [4.78, 5) is 7.37. The molecule has 2 aromatic rings. The molecule has 1 atom stereocenters. The molecule has 3 nitrogen and oxygen atoms in total. The van der Waals surface area contributed by atoms with Crippen LogP contribution in [0.5, 0.6) is 0 Å². The second-order valence-electron chi connectivity index (χ2n) is 4.15. The Labute approximate surface area is 95.7 Å². The number of nitrogens with one attached hydrogen (secondary N) is 1. The molecule has 3 heteroatoms. The second kappa shape index (κ2) is 4.94. The Morgan fingerprint density at radius 1 is 1.25 bits per heavy atom. The molecule has 1 aromatic heterocycles. The fourth-order valence-electron chi connectivity index (χ4n) is 1.85. The molecular formula is C13H17N3. The van der Waals surface area contributed by atoms with E-state index in [-0.39, 0.29) is 6.04 Å². The molecule has 0 saturated carbocycles. The first kappa shape index (κ1) is 10.9. The van der Waals surface area contributed by atoms with E-state index in [1.54, 1.807) is 0 Å². The first-order valence-electron chi connectivity index (χ1n) is 5.54. The van der Waals surface area contributed by atoms with E-state index in [0.717, 1.165) is 24.4 Å². The van der Waals surface area contributed by atoms with Gasteiger partial charge in [0, 0.05) is 24.4 Å². The van der Waals surface area contributed by atoms with Crippen molar-refractivity contribution in [1.29, 1.82) is 0 Å². The normalized spacial score (nSPS) is 12.6. The summed E-state index contributed by atoms with van der Waals surface area (Å²) in [5, 5.41) is 0. The van der Waals surface area contributed by atoms with Gasteiger partial charge < -0.3 is 10.7 Å². The fourth-order valence-corrected chi connectivity index (χ4v) is 1.85. The SMILES string of the molecule is Cc1ncc(CC(N)Cc2ccccc2)[nH]1. The van der Waals surface area contributed by atoms with Gasteiger partial charge in [0.1, 0.15) is 5.82 Å². The number of hydrogen-bond acceptors (Lipinski definition) is 2. The second-order valence-corrected chi connectivity index (χ2v) is 4.15. The number of aromatic amines is 1. The van der Waals surface area contributed by atoms with E-state index >= 15 is 0 Å². The lowest BCUT2D eigenvalue weighted by molar-refractivity contribution is 0.655. The van der Waals surface area contributed by atoms with Gasteiger partial charge in [-0.05, 0) is 18.9 Å². The van der Waals surface area contributed by atoms with Crippen LogP contribution >= 0.6 is 0 Å². The van der Waals surface area contributed by atoms with Gasteiger partial charge >= 0.3 is 0 Å². The van der Waals surface area contributed by atoms with Gasteiger partial charge in [-0.1, -0.05) is 30.3 Å². The van der Waals surface area contributed by atoms with Crippen molar-refractivity contribution in [3.05, 3.63) is 53.6 Å². The zero-order chi connectivity index (χ0) is 11.4. The summed E-state index contributed by atoms with van der Waals surface area (Å²) >= 11 is 0. The molecule has 0 aliphatic carbocycles. The zero-order valence-electron chi connectivity index (χ0n) is 9.48. The van der Waals surface area contributed by atoms with Crippen LogP contribution in [0.25, 0.3) is 0 Å². The number of aryl methyl sites for hydroxylation is 1. The topological polar surface area (TPSA) is 54.7 Å². The Morgan fingerprint density at radius 2 is 2.00 bits per heavy atom. The van der Waals surface area contributed by atoms with Gasteiger partial charge in [0.25, 0.3) is 0 Å². The number of nitrogens with zero attached hydrogens (tertiary/aromatic N) is 1. The smallest absolute Gasteiger partial charge is 0.103 e. The summed E-state index contributed by atoms with van der Waals surface area (Å²) in [6.07, 6.45) is 3.61. The molecule has 0 bridgehead atoms. The number of imidazole rings is 1. The molecule has 0 saturated heterocycles. The lowest BCUT2D eigenvalue weighted by Gasteiger charge is -2.10. The average Bonchev–Trinajstić information content (AvgIpc) is 2.65. The molecule has 1 heterocycles. The molecule has 16 heavy (non-hydrogen) atoms. The summed E-state index contributed by atoms with van der Waals surface area (Å²) in [7, 11) is 0. The largest absolute Gasteiger partial charge is 0.346 e. The van der Waals surface area contributed by atoms with E-state index in [0.29, 0.717) is 0 Å². The van der Waals surface area contributed by atoms with Crippen LogP contribution in [0.15, 0.2) is 36.5 Å². The van der Waals surface area contributed by atoms with Crippen molar-refractivity contribution in [2.45, 2.75) is 25.8 Å². The van der Waals surface area contributed by atoms with Crippen molar-refractivity contribution in [2.75, 3.05) is 0 Å². The van der Waals surface area contributed by atoms with Crippen LogP contribution in [-0.2, 0) is 12.8 Å². The number of aromatic nitrogens is 2. The highest BCUT2D eigenvalue weighted by Crippen LogP contribution is 2.06. The first-order valence-corrected chi connectivity index (χ1v) is 5.54. The van der Waals surface area contributed by atoms with Gasteiger partial charge in [-0.3, -0.25) is 0 Å². The molecule has 0 radical (unpaired) electrons. The van der Waals surface area contributed by atoms with Gasteiger partial charge in [0.05, 0.1) is 0 Å². The van der Waals surface area contributed by atoms with Gasteiger partial charge in [-0.2, -0.15) is 0 Å². The third-order valence-corrected chi connectivity index (χ3v) is 2.58. The van der Waals surface area contributed by atoms with Crippen LogP contribution in [0.3, 0.4) is 0 Å². The minimum Gasteiger partial charge on any atom is -0.346 e. The molecule has 0 fully saturated rings. The molecule has 3 N–H and O–H groups in total. The summed E-state index contributed by atoms with van der Waals surface area (Å²) in [5.41, 5.74) is 8.49. The Balaban J connectivity index is 1.92. The van der Waals surface area contributed by atoms with Crippen LogP contribution in [0.1, 0.15) is 17.1 Å². The first-order chi connectivity index (χ1) is 7.74. The van der Waals surface area contributed by atoms with Gasteiger partial charge in [0.2, 0.25) is 0 Å². The van der Waals surface area contributed by atoms with E-state index in [9.17, 15) is 0 Å². The van der Waals surface area contributed by atoms with E-state index in [4.69, 9.17) is 5.73 Å². The quantitative estimate of drug-likeness (QED) is 0.817. The maximum Gasteiger partial charge on any atom is 0.103 e. The number of hydrogen-bond donors (Lipinski definition) is 2. The predicted molar refractivity (Wildman–Crippen MR) is 65.2 cm³/mol. The zero-order valence-corrected chi connectivity index (χ0v) is 9.48. The van der Waals surface area contributed by atoms with E-state index in [2.05, 4.69) is 22.1 Å². The Bertz CT molecular complexity index is 433. The molecule has 1 unspecified atom stereocenters. The highest BCUT2D eigenvalue weighted by atomic mass is 14.9. The van der Waals surface area contributed by atoms with Crippen molar-refractivity contribution in [1.82, 2.24) is 9.97 Å². The van der Waals surface area contributed by atoms with Crippen molar-refractivity contribution in [2.24, 2.45) is 5.73 Å². The summed E-state index contributed by atoms with van der Waals surface area (Å²) in [6, 6.07) is 10.5. The maximum absolute atomic E-state index is 6.10. The number of rotatable bonds is 4. The molecule has 0 aliphatic rings. The lowest BCUT2D eigenvalue weighted by Crippen LogP contribution is -2.25. The monoisotopic (exact) mass is 215 g/mol. The van der Waals surface area contributed by atoms with Gasteiger partial charge in [0.15, 0.2) is 0 Å². The van der Waals surface area contributed by atoms with Crippen LogP contribution in [0.2, 0.25) is 0 Å². The summed E-state index contributed by atoms with van der Waals surface area (Å²) in [6.45, 7) is 1.95. The van der Waals surface area contributed by atoms with Crippen LogP contribution in [0, 0.1) is 6.92 Å². The van der Waals surface area contributed by atoms with E-state index in [1.807, 2.05) is 31.3 Å². The molecule has 1 aromatic carbocycles. The Hall–Kier alpha value is -1.61. The number of benzene rings is 1. The molecular weight excluding hydrogens is 198 g/mol. The minimum atomic E-state index is 0.141. The van der Waals surface area contributed by atoms with Crippen LogP contribution < -0.4 is 5.73 Å². The maximum atomic E-state index is 6.10. The lowest BCUT2D eigenvalue weighted by atomic mass is 10.0. The molecule has 0 amide bonds. The summed E-state index contributed by atoms with van der Waals surface area (Å²) in [5.74, 6) is 0.946. The highest BCUT2D eigenvalue weighted by Gasteiger charge is 2.06. The van der Waals surface area contributed by atoms with E-state index < -0.39 is 0 Å². The molecule has 0 spiro atoms. The van der Waals surface area contributed by atoms with Gasteiger partial charge in [-0.15, -0.1) is 0 Å². The minimum absolute atomic E-state index is 0.141. The van der Waals surface area contributed by atoms with Crippen LogP contribution in [-0.4, -0.2) is 16.0 Å². The Morgan fingerprint density at radius 3 is 2.62 bits per heavy atom. The standard InChI is InChI=1S/C13H17N3/c1-10-15-9-13(16-10)8-12(14)7-11-5-3-2-4-6-11/h2-6,9,12H,7-8,14H2,1H3,(H,15,16). The Kier molecular flexibility index (Phi) is 3.37. The van der Waals surface area contributed by atoms with Gasteiger partial charge in [-0.25, -0.2) is 4.98 Å². The average molecular weight is 215 g/mol. The van der Waals surface area contributed by atoms with Crippen molar-refractivity contribution in [3.63, 3.8) is 0 Å². The molecule has 84 valence electrons. The number of nitrogens with two attached hydrogens (primary N) is 1. The van der Waals surface area contributed by atoms with E-state index in [1.165, 1.54) is 5.56 Å². The highest BCUT2D eigenvalue weighted by molar-refractivity contribution is 5.16. The molecule has 0 aliphatic heterocycles. The van der Waals surface area contributed by atoms with Crippen molar-refractivity contribution < 1.29 is 0 Å². The third kappa shape index (κ3) is 2.94. The van der Waals surface area contributed by atoms with Crippen molar-refractivity contribution >= 4 is 0 Å². The number of H-pyrrole nitrogens is 1. The molecule has 2 rings (SSSR count). The van der Waals surface area contributed by atoms with Crippen LogP contribution in [0.4, 0.5) is 0 Å².